The molecule has 2 aromatic rings. The highest BCUT2D eigenvalue weighted by Crippen LogP contribution is 2.20. The lowest BCUT2D eigenvalue weighted by Gasteiger charge is -2.30. The first-order chi connectivity index (χ1) is 12.6. The molecule has 1 heterocycles. The van der Waals surface area contributed by atoms with Crippen LogP contribution in [0.1, 0.15) is 24.0 Å². The number of amides is 1. The molecular weight excluding hydrogens is 369 g/mol. The van der Waals surface area contributed by atoms with E-state index in [0.717, 1.165) is 43.1 Å². The zero-order chi connectivity index (χ0) is 18.4. The summed E-state index contributed by atoms with van der Waals surface area (Å²) in [6.45, 7) is 2.70. The first-order valence-corrected chi connectivity index (χ1v) is 9.41. The van der Waals surface area contributed by atoms with Crippen molar-refractivity contribution < 1.29 is 4.79 Å². The van der Waals surface area contributed by atoms with E-state index in [0.29, 0.717) is 5.02 Å². The number of hydrogen-bond acceptors (Lipinski definition) is 3. The standard InChI is InChI=1S/C20H21Cl2N3O/c21-18-5-1-15(2-6-18)13-23-24-20(26)17-9-11-25(12-10-17)14-16-3-7-19(22)8-4-16/h1-8,13,17H,9-12,14H2,(H,24,26). The molecule has 136 valence electrons. The average Bonchev–Trinajstić information content (AvgIpc) is 2.66. The zero-order valence-corrected chi connectivity index (χ0v) is 15.9. The van der Waals surface area contributed by atoms with E-state index in [2.05, 4.69) is 15.4 Å². The molecule has 1 aliphatic rings. The Bertz CT molecular complexity index is 752. The summed E-state index contributed by atoms with van der Waals surface area (Å²) in [7, 11) is 0. The summed E-state index contributed by atoms with van der Waals surface area (Å²) in [6, 6.07) is 15.2. The van der Waals surface area contributed by atoms with E-state index in [9.17, 15) is 4.79 Å². The SMILES string of the molecule is O=C(NN=Cc1ccc(Cl)cc1)C1CCN(Cc2ccc(Cl)cc2)CC1. The van der Waals surface area contributed by atoms with Crippen LogP contribution in [0.4, 0.5) is 0 Å². The van der Waals surface area contributed by atoms with Crippen LogP contribution in [0.15, 0.2) is 53.6 Å². The average molecular weight is 390 g/mol. The van der Waals surface area contributed by atoms with Crippen LogP contribution >= 0.6 is 23.2 Å². The fourth-order valence-electron chi connectivity index (χ4n) is 3.01. The number of carbonyl (C=O) groups is 1. The fourth-order valence-corrected chi connectivity index (χ4v) is 3.26. The molecular formula is C20H21Cl2N3O. The molecule has 1 aliphatic heterocycles. The summed E-state index contributed by atoms with van der Waals surface area (Å²) in [5, 5.41) is 5.48. The lowest BCUT2D eigenvalue weighted by Crippen LogP contribution is -2.39. The second kappa shape index (κ2) is 9.17. The lowest BCUT2D eigenvalue weighted by molar-refractivity contribution is -0.126. The highest BCUT2D eigenvalue weighted by atomic mass is 35.5. The first-order valence-electron chi connectivity index (χ1n) is 8.65. The fraction of sp³-hybridized carbons (Fsp3) is 0.300. The molecule has 3 rings (SSSR count). The molecule has 26 heavy (non-hydrogen) atoms. The van der Waals surface area contributed by atoms with Gasteiger partial charge in [0.2, 0.25) is 5.91 Å². The number of nitrogens with one attached hydrogen (secondary N) is 1. The van der Waals surface area contributed by atoms with Crippen molar-refractivity contribution in [2.45, 2.75) is 19.4 Å². The maximum Gasteiger partial charge on any atom is 0.243 e. The minimum Gasteiger partial charge on any atom is -0.299 e. The molecule has 0 aliphatic carbocycles. The largest absolute Gasteiger partial charge is 0.299 e. The van der Waals surface area contributed by atoms with Crippen LogP contribution in [0.25, 0.3) is 0 Å². The number of rotatable bonds is 5. The molecule has 0 aromatic heterocycles. The summed E-state index contributed by atoms with van der Waals surface area (Å²) in [4.78, 5) is 14.6. The normalized spacial score (nSPS) is 16.1. The number of hydrogen-bond donors (Lipinski definition) is 1. The summed E-state index contributed by atoms with van der Waals surface area (Å²) in [5.41, 5.74) is 4.79. The molecule has 0 unspecified atom stereocenters. The summed E-state index contributed by atoms with van der Waals surface area (Å²) < 4.78 is 0. The highest BCUT2D eigenvalue weighted by molar-refractivity contribution is 6.30. The van der Waals surface area contributed by atoms with Crippen molar-refractivity contribution in [2.75, 3.05) is 13.1 Å². The van der Waals surface area contributed by atoms with Crippen LogP contribution in [0.2, 0.25) is 10.0 Å². The number of carbonyl (C=O) groups excluding carboxylic acids is 1. The number of benzene rings is 2. The Hall–Kier alpha value is -1.88. The second-order valence-corrected chi connectivity index (χ2v) is 7.34. The Labute approximate surface area is 163 Å². The second-order valence-electron chi connectivity index (χ2n) is 6.46. The molecule has 1 N–H and O–H groups in total. The van der Waals surface area contributed by atoms with Crippen molar-refractivity contribution in [3.8, 4) is 0 Å². The van der Waals surface area contributed by atoms with Crippen LogP contribution in [0.5, 0.6) is 0 Å². The molecule has 0 radical (unpaired) electrons. The van der Waals surface area contributed by atoms with E-state index in [1.165, 1.54) is 5.56 Å². The lowest BCUT2D eigenvalue weighted by atomic mass is 9.96. The van der Waals surface area contributed by atoms with Crippen LogP contribution in [-0.4, -0.2) is 30.1 Å². The van der Waals surface area contributed by atoms with Crippen LogP contribution in [-0.2, 0) is 11.3 Å². The van der Waals surface area contributed by atoms with Crippen molar-refractivity contribution in [1.82, 2.24) is 10.3 Å². The van der Waals surface area contributed by atoms with Gasteiger partial charge in [0.15, 0.2) is 0 Å². The molecule has 1 fully saturated rings. The Morgan fingerprint density at radius 1 is 1.04 bits per heavy atom. The minimum atomic E-state index is -0.0126. The van der Waals surface area contributed by atoms with Crippen molar-refractivity contribution in [3.05, 3.63) is 69.7 Å². The molecule has 1 amide bonds. The molecule has 6 heteroatoms. The van der Waals surface area contributed by atoms with Crippen molar-refractivity contribution in [1.29, 1.82) is 0 Å². The number of piperidine rings is 1. The van der Waals surface area contributed by atoms with Crippen molar-refractivity contribution >= 4 is 35.3 Å². The Morgan fingerprint density at radius 2 is 1.62 bits per heavy atom. The minimum absolute atomic E-state index is 0.0126. The van der Waals surface area contributed by atoms with Crippen LogP contribution in [0.3, 0.4) is 0 Å². The van der Waals surface area contributed by atoms with Crippen LogP contribution in [0, 0.1) is 5.92 Å². The molecule has 1 saturated heterocycles. The number of hydrazone groups is 1. The van der Waals surface area contributed by atoms with E-state index in [-0.39, 0.29) is 11.8 Å². The molecule has 2 aromatic carbocycles. The molecule has 4 nitrogen and oxygen atoms in total. The number of halogens is 2. The highest BCUT2D eigenvalue weighted by Gasteiger charge is 2.24. The van der Waals surface area contributed by atoms with Gasteiger partial charge in [0.1, 0.15) is 0 Å². The van der Waals surface area contributed by atoms with Gasteiger partial charge in [-0.2, -0.15) is 5.10 Å². The molecule has 0 bridgehead atoms. The third-order valence-corrected chi connectivity index (χ3v) is 5.04. The quantitative estimate of drug-likeness (QED) is 0.609. The molecule has 0 saturated carbocycles. The van der Waals surface area contributed by atoms with Gasteiger partial charge in [0.05, 0.1) is 6.21 Å². The maximum atomic E-state index is 12.3. The topological polar surface area (TPSA) is 44.7 Å². The third kappa shape index (κ3) is 5.56. The molecule has 0 atom stereocenters. The first kappa shape index (κ1) is 18.9. The Balaban J connectivity index is 1.43. The summed E-state index contributed by atoms with van der Waals surface area (Å²) >= 11 is 11.8. The van der Waals surface area contributed by atoms with Crippen LogP contribution < -0.4 is 5.43 Å². The van der Waals surface area contributed by atoms with Crippen molar-refractivity contribution in [2.24, 2.45) is 11.0 Å². The van der Waals surface area contributed by atoms with E-state index < -0.39 is 0 Å². The summed E-state index contributed by atoms with van der Waals surface area (Å²) in [6.07, 6.45) is 3.32. The van der Waals surface area contributed by atoms with Gasteiger partial charge >= 0.3 is 0 Å². The number of likely N-dealkylation sites (tertiary alicyclic amines) is 1. The van der Waals surface area contributed by atoms with Gasteiger partial charge in [0.25, 0.3) is 0 Å². The monoisotopic (exact) mass is 389 g/mol. The molecule has 0 spiro atoms. The van der Waals surface area contributed by atoms with Gasteiger partial charge in [-0.25, -0.2) is 5.43 Å². The van der Waals surface area contributed by atoms with E-state index >= 15 is 0 Å². The predicted molar refractivity (Wildman–Crippen MR) is 107 cm³/mol. The number of nitrogens with zero attached hydrogens (tertiary/aromatic N) is 2. The smallest absolute Gasteiger partial charge is 0.243 e. The van der Waals surface area contributed by atoms with E-state index in [1.807, 2.05) is 36.4 Å². The van der Waals surface area contributed by atoms with Gasteiger partial charge in [-0.1, -0.05) is 47.5 Å². The Kier molecular flexibility index (Phi) is 6.67. The Morgan fingerprint density at radius 3 is 2.23 bits per heavy atom. The van der Waals surface area contributed by atoms with E-state index in [4.69, 9.17) is 23.2 Å². The van der Waals surface area contributed by atoms with Gasteiger partial charge < -0.3 is 0 Å². The van der Waals surface area contributed by atoms with Gasteiger partial charge in [-0.15, -0.1) is 0 Å². The van der Waals surface area contributed by atoms with Gasteiger partial charge in [-0.05, 0) is 61.3 Å². The summed E-state index contributed by atoms with van der Waals surface area (Å²) in [5.74, 6) is 0.000178. The zero-order valence-electron chi connectivity index (χ0n) is 14.4. The predicted octanol–water partition coefficient (Wildman–Crippen LogP) is 4.36. The third-order valence-electron chi connectivity index (χ3n) is 4.54. The van der Waals surface area contributed by atoms with Crippen molar-refractivity contribution in [3.63, 3.8) is 0 Å². The van der Waals surface area contributed by atoms with E-state index in [1.54, 1.807) is 18.3 Å². The van der Waals surface area contributed by atoms with Gasteiger partial charge in [-0.3, -0.25) is 9.69 Å². The van der Waals surface area contributed by atoms with Gasteiger partial charge in [0, 0.05) is 22.5 Å². The maximum absolute atomic E-state index is 12.3.